The van der Waals surface area contributed by atoms with Crippen LogP contribution in [0.5, 0.6) is 0 Å². The van der Waals surface area contributed by atoms with Gasteiger partial charge in [-0.1, -0.05) is 165 Å². The van der Waals surface area contributed by atoms with Gasteiger partial charge in [-0.3, -0.25) is 14.1 Å². The number of hydrogen-bond acceptors (Lipinski definition) is 7. The summed E-state index contributed by atoms with van der Waals surface area (Å²) in [6.45, 7) is 3.54. The fourth-order valence-corrected chi connectivity index (χ4v) is 5.75. The Balaban J connectivity index is 4.11. The molecule has 0 radical (unpaired) electrons. The van der Waals surface area contributed by atoms with Gasteiger partial charge in [-0.15, -0.1) is 0 Å². The Kier molecular flexibility index (Phi) is 34.9. The number of carbonyl (C=O) groups excluding carboxylic acids is 2. The van der Waals surface area contributed by atoms with Crippen LogP contribution >= 0.6 is 7.82 Å². The van der Waals surface area contributed by atoms with Crippen molar-refractivity contribution in [3.8, 4) is 0 Å². The van der Waals surface area contributed by atoms with Gasteiger partial charge < -0.3 is 24.4 Å². The van der Waals surface area contributed by atoms with E-state index in [2.05, 4.69) is 24.4 Å². The highest BCUT2D eigenvalue weighted by Crippen LogP contribution is 2.36. The number of unbranched alkanes of at least 4 members (excludes halogenated alkanes) is 18. The molecule has 0 rings (SSSR count). The number of esters is 2. The third-order valence-corrected chi connectivity index (χ3v) is 8.92. The molecule has 0 aromatic carbocycles. The lowest BCUT2D eigenvalue weighted by Crippen LogP contribution is -2.29. The van der Waals surface area contributed by atoms with Gasteiger partial charge in [-0.05, 0) is 44.9 Å². The third-order valence-electron chi connectivity index (χ3n) is 8.43. The first-order chi connectivity index (χ1) is 24.7. The summed E-state index contributed by atoms with van der Waals surface area (Å²) in [6, 6.07) is 0. The van der Waals surface area contributed by atoms with Crippen molar-refractivity contribution in [1.29, 1.82) is 0 Å². The minimum absolute atomic E-state index is 0.105. The molecule has 0 saturated carbocycles. The lowest BCUT2D eigenvalue weighted by atomic mass is 10.0. The average molecular weight is 741 g/mol. The predicted molar refractivity (Wildman–Crippen MR) is 208 cm³/mol. The number of aliphatic hydroxyl groups is 1. The highest BCUT2D eigenvalue weighted by molar-refractivity contribution is 7.46. The summed E-state index contributed by atoms with van der Waals surface area (Å²) in [7, 11) is -4.78. The van der Waals surface area contributed by atoms with Gasteiger partial charge in [0.15, 0.2) is 6.10 Å². The van der Waals surface area contributed by atoms with Gasteiger partial charge in [0.05, 0.1) is 12.7 Å². The van der Waals surface area contributed by atoms with Crippen molar-refractivity contribution < 1.29 is 43.0 Å². The molecule has 2 atom stereocenters. The summed E-state index contributed by atoms with van der Waals surface area (Å²) >= 11 is 0. The monoisotopic (exact) mass is 740 g/mol. The van der Waals surface area contributed by atoms with E-state index in [9.17, 15) is 19.3 Å². The van der Waals surface area contributed by atoms with Crippen molar-refractivity contribution in [3.05, 3.63) is 48.6 Å². The van der Waals surface area contributed by atoms with E-state index in [1.807, 2.05) is 36.5 Å². The van der Waals surface area contributed by atoms with Crippen molar-refractivity contribution in [2.75, 3.05) is 13.2 Å². The van der Waals surface area contributed by atoms with Crippen LogP contribution in [0, 0.1) is 0 Å². The van der Waals surface area contributed by atoms with Gasteiger partial charge in [0.2, 0.25) is 0 Å². The molecule has 0 aliphatic heterocycles. The number of phosphoric ester groups is 1. The van der Waals surface area contributed by atoms with Crippen molar-refractivity contribution in [3.63, 3.8) is 0 Å². The molecule has 9 nitrogen and oxygen atoms in total. The minimum atomic E-state index is -4.78. The van der Waals surface area contributed by atoms with Crippen molar-refractivity contribution in [2.24, 2.45) is 0 Å². The van der Waals surface area contributed by atoms with Gasteiger partial charge in [0.1, 0.15) is 6.61 Å². The van der Waals surface area contributed by atoms with Crippen LogP contribution in [0.1, 0.15) is 174 Å². The van der Waals surface area contributed by atoms with E-state index in [0.29, 0.717) is 25.7 Å². The van der Waals surface area contributed by atoms with Crippen LogP contribution in [-0.4, -0.2) is 52.3 Å². The minimum Gasteiger partial charge on any atom is -0.462 e. The molecule has 0 aliphatic rings. The highest BCUT2D eigenvalue weighted by Gasteiger charge is 2.22. The topological polar surface area (TPSA) is 140 Å². The number of hydrogen-bond donors (Lipinski definition) is 3. The number of aliphatic hydroxyl groups excluding tert-OH is 1. The molecular weight excluding hydrogens is 667 g/mol. The predicted octanol–water partition coefficient (Wildman–Crippen LogP) is 10.9. The zero-order valence-electron chi connectivity index (χ0n) is 32.1. The van der Waals surface area contributed by atoms with Crippen LogP contribution < -0.4 is 0 Å². The van der Waals surface area contributed by atoms with E-state index in [0.717, 1.165) is 32.1 Å². The Bertz CT molecular complexity index is 986. The molecule has 3 N–H and O–H groups in total. The molecule has 10 heteroatoms. The van der Waals surface area contributed by atoms with Crippen molar-refractivity contribution >= 4 is 19.8 Å². The number of carbonyl (C=O) groups is 2. The molecule has 296 valence electrons. The van der Waals surface area contributed by atoms with E-state index < -0.39 is 38.6 Å². The molecule has 0 aromatic heterocycles. The van der Waals surface area contributed by atoms with E-state index in [1.54, 1.807) is 6.08 Å². The third kappa shape index (κ3) is 39.0. The molecule has 0 unspecified atom stereocenters. The Morgan fingerprint density at radius 1 is 0.608 bits per heavy atom. The smallest absolute Gasteiger partial charge is 0.462 e. The van der Waals surface area contributed by atoms with Gasteiger partial charge in [0, 0.05) is 12.8 Å². The highest BCUT2D eigenvalue weighted by atomic mass is 31.2. The second kappa shape index (κ2) is 36.3. The van der Waals surface area contributed by atoms with Crippen LogP contribution in [0.15, 0.2) is 48.6 Å². The van der Waals surface area contributed by atoms with Gasteiger partial charge in [-0.2, -0.15) is 0 Å². The van der Waals surface area contributed by atoms with E-state index in [4.69, 9.17) is 19.3 Å². The number of rotatable bonds is 36. The molecule has 0 aliphatic carbocycles. The van der Waals surface area contributed by atoms with E-state index in [-0.39, 0.29) is 19.4 Å². The fourth-order valence-electron chi connectivity index (χ4n) is 5.39. The summed E-state index contributed by atoms with van der Waals surface area (Å²) < 4.78 is 26.3. The standard InChI is InChI=1S/C41H73O9P/c1-3-5-7-9-11-12-13-14-15-16-17-18-22-26-30-34-40(43)48-36-39(37-49-51(45,46)47)50-41(44)35-31-27-23-20-19-21-25-29-33-38(42)32-28-24-10-8-6-4-2/h20-21,23-25,28-29,33,38-39,42H,3-19,22,26-27,30-32,34-37H2,1-2H3,(H2,45,46,47)/b23-20-,25-21-,28-24-,33-29+/t38-,39+/m0/s1. The summed E-state index contributed by atoms with van der Waals surface area (Å²) in [6.07, 6.45) is 40.1. The lowest BCUT2D eigenvalue weighted by molar-refractivity contribution is -0.161. The average Bonchev–Trinajstić information content (AvgIpc) is 3.09. The maximum absolute atomic E-state index is 12.4. The number of allylic oxidation sites excluding steroid dienone is 6. The normalized spacial score (nSPS) is 13.6. The van der Waals surface area contributed by atoms with E-state index in [1.165, 1.54) is 89.9 Å². The number of phosphoric acid groups is 1. The van der Waals surface area contributed by atoms with Crippen LogP contribution in [0.3, 0.4) is 0 Å². The summed E-state index contributed by atoms with van der Waals surface area (Å²) in [5, 5.41) is 9.99. The maximum Gasteiger partial charge on any atom is 0.469 e. The number of ether oxygens (including phenoxy) is 2. The molecule has 0 aromatic rings. The largest absolute Gasteiger partial charge is 0.469 e. The first-order valence-electron chi connectivity index (χ1n) is 20.0. The molecule has 0 fully saturated rings. The van der Waals surface area contributed by atoms with Gasteiger partial charge >= 0.3 is 19.8 Å². The quantitative estimate of drug-likeness (QED) is 0.0188. The molecule has 0 heterocycles. The zero-order valence-corrected chi connectivity index (χ0v) is 33.0. The van der Waals surface area contributed by atoms with Crippen LogP contribution in [-0.2, 0) is 28.2 Å². The van der Waals surface area contributed by atoms with Crippen molar-refractivity contribution in [1.82, 2.24) is 0 Å². The second-order valence-corrected chi connectivity index (χ2v) is 14.7. The molecule has 0 amide bonds. The summed E-state index contributed by atoms with van der Waals surface area (Å²) in [5.74, 6) is -0.987. The first kappa shape index (κ1) is 49.0. The molecular formula is C41H73O9P. The zero-order chi connectivity index (χ0) is 37.7. The molecule has 0 bridgehead atoms. The Labute approximate surface area is 310 Å². The fraction of sp³-hybridized carbons (Fsp3) is 0.756. The van der Waals surface area contributed by atoms with Crippen LogP contribution in [0.25, 0.3) is 0 Å². The van der Waals surface area contributed by atoms with Crippen LogP contribution in [0.4, 0.5) is 0 Å². The second-order valence-electron chi connectivity index (χ2n) is 13.5. The van der Waals surface area contributed by atoms with Gasteiger partial charge in [0.25, 0.3) is 0 Å². The molecule has 51 heavy (non-hydrogen) atoms. The Morgan fingerprint density at radius 3 is 1.75 bits per heavy atom. The first-order valence-corrected chi connectivity index (χ1v) is 21.6. The molecule has 0 spiro atoms. The Hall–Kier alpha value is -2.03. The maximum atomic E-state index is 12.4. The lowest BCUT2D eigenvalue weighted by Gasteiger charge is -2.18. The summed E-state index contributed by atoms with van der Waals surface area (Å²) in [4.78, 5) is 42.7. The van der Waals surface area contributed by atoms with Crippen molar-refractivity contribution in [2.45, 2.75) is 187 Å². The SMILES string of the molecule is CCCCC/C=C\C[C@H](O)/C=C/C=C\C/C=C\CCCC(=O)O[C@H](COC(=O)CCCCCCCCCCCCCCCCC)COP(=O)(O)O. The summed E-state index contributed by atoms with van der Waals surface area (Å²) in [5.41, 5.74) is 0. The van der Waals surface area contributed by atoms with E-state index >= 15 is 0 Å². The molecule has 0 saturated heterocycles. The van der Waals surface area contributed by atoms with Gasteiger partial charge in [-0.25, -0.2) is 4.57 Å². The Morgan fingerprint density at radius 2 is 1.14 bits per heavy atom. The van der Waals surface area contributed by atoms with Crippen LogP contribution in [0.2, 0.25) is 0 Å².